The quantitative estimate of drug-likeness (QED) is 0.906. The van der Waals surface area contributed by atoms with E-state index in [2.05, 4.69) is 34.5 Å². The van der Waals surface area contributed by atoms with Crippen LogP contribution in [0.5, 0.6) is 0 Å². The summed E-state index contributed by atoms with van der Waals surface area (Å²) >= 11 is 0. The van der Waals surface area contributed by atoms with Crippen LogP contribution in [0.1, 0.15) is 17.2 Å². The number of amides is 1. The summed E-state index contributed by atoms with van der Waals surface area (Å²) in [5, 5.41) is 11.3. The number of carboxylic acid groups (broad SMARTS) is 1. The van der Waals surface area contributed by atoms with E-state index in [0.29, 0.717) is 0 Å². The molecule has 0 bridgehead atoms. The van der Waals surface area contributed by atoms with Crippen LogP contribution in [-0.2, 0) is 0 Å². The molecule has 1 saturated heterocycles. The van der Waals surface area contributed by atoms with Crippen LogP contribution < -0.4 is 5.32 Å². The Hall–Kier alpha value is -2.33. The monoisotopic (exact) mass is 282 g/mol. The molecular weight excluding hydrogens is 264 g/mol. The molecule has 0 aliphatic carbocycles. The number of hydrogen-bond donors (Lipinski definition) is 2. The average molecular weight is 282 g/mol. The molecule has 1 aliphatic heterocycles. The summed E-state index contributed by atoms with van der Waals surface area (Å²) < 4.78 is 0. The largest absolute Gasteiger partial charge is 0.465 e. The van der Waals surface area contributed by atoms with E-state index in [4.69, 9.17) is 5.11 Å². The molecule has 108 valence electrons. The standard InChI is InChI=1S/C17H18N2O2/c20-17(21)18-15-11-19(12-15)16(13-7-3-1-4-8-13)14-9-5-2-6-10-14/h1-10,15-16,18H,11-12H2,(H,20,21). The minimum Gasteiger partial charge on any atom is -0.465 e. The van der Waals surface area contributed by atoms with Gasteiger partial charge in [0.2, 0.25) is 0 Å². The summed E-state index contributed by atoms with van der Waals surface area (Å²) in [4.78, 5) is 13.0. The van der Waals surface area contributed by atoms with Crippen LogP contribution in [0, 0.1) is 0 Å². The number of nitrogens with one attached hydrogen (secondary N) is 1. The molecule has 0 saturated carbocycles. The molecule has 21 heavy (non-hydrogen) atoms. The fourth-order valence-electron chi connectivity index (χ4n) is 2.87. The summed E-state index contributed by atoms with van der Waals surface area (Å²) in [6, 6.07) is 20.9. The van der Waals surface area contributed by atoms with Crippen LogP contribution in [0.4, 0.5) is 4.79 Å². The molecule has 0 radical (unpaired) electrons. The summed E-state index contributed by atoms with van der Waals surface area (Å²) in [5.74, 6) is 0. The van der Waals surface area contributed by atoms with Crippen molar-refractivity contribution in [2.45, 2.75) is 12.1 Å². The zero-order valence-electron chi connectivity index (χ0n) is 11.6. The van der Waals surface area contributed by atoms with Crippen LogP contribution >= 0.6 is 0 Å². The van der Waals surface area contributed by atoms with Gasteiger partial charge in [0.25, 0.3) is 0 Å². The Balaban J connectivity index is 1.80. The molecule has 1 fully saturated rings. The van der Waals surface area contributed by atoms with Gasteiger partial charge in [0.1, 0.15) is 0 Å². The highest BCUT2D eigenvalue weighted by Gasteiger charge is 2.34. The zero-order chi connectivity index (χ0) is 14.7. The second-order valence-electron chi connectivity index (χ2n) is 5.32. The molecule has 0 aromatic heterocycles. The normalized spacial score (nSPS) is 15.7. The summed E-state index contributed by atoms with van der Waals surface area (Å²) in [7, 11) is 0. The molecule has 1 heterocycles. The number of nitrogens with zero attached hydrogens (tertiary/aromatic N) is 1. The Kier molecular flexibility index (Phi) is 3.88. The molecule has 0 unspecified atom stereocenters. The van der Waals surface area contributed by atoms with Crippen molar-refractivity contribution in [3.63, 3.8) is 0 Å². The third-order valence-corrected chi connectivity index (χ3v) is 3.83. The fraction of sp³-hybridized carbons (Fsp3) is 0.235. The molecule has 3 rings (SSSR count). The third-order valence-electron chi connectivity index (χ3n) is 3.83. The van der Waals surface area contributed by atoms with Crippen LogP contribution in [0.2, 0.25) is 0 Å². The predicted molar refractivity (Wildman–Crippen MR) is 81.2 cm³/mol. The van der Waals surface area contributed by atoms with Gasteiger partial charge in [-0.25, -0.2) is 4.79 Å². The van der Waals surface area contributed by atoms with Gasteiger partial charge >= 0.3 is 6.09 Å². The van der Waals surface area contributed by atoms with Crippen LogP contribution in [0.3, 0.4) is 0 Å². The number of rotatable bonds is 4. The summed E-state index contributed by atoms with van der Waals surface area (Å²) in [6.07, 6.45) is -0.948. The molecule has 1 amide bonds. The highest BCUT2D eigenvalue weighted by atomic mass is 16.4. The number of benzene rings is 2. The lowest BCUT2D eigenvalue weighted by atomic mass is 9.93. The molecule has 4 nitrogen and oxygen atoms in total. The summed E-state index contributed by atoms with van der Waals surface area (Å²) in [6.45, 7) is 1.47. The molecule has 2 N–H and O–H groups in total. The SMILES string of the molecule is O=C(O)NC1CN(C(c2ccccc2)c2ccccc2)C1. The van der Waals surface area contributed by atoms with Gasteiger partial charge in [-0.1, -0.05) is 60.7 Å². The van der Waals surface area contributed by atoms with Crippen molar-refractivity contribution in [2.24, 2.45) is 0 Å². The van der Waals surface area contributed by atoms with Crippen molar-refractivity contribution in [2.75, 3.05) is 13.1 Å². The highest BCUT2D eigenvalue weighted by molar-refractivity contribution is 5.65. The molecule has 0 spiro atoms. The summed E-state index contributed by atoms with van der Waals surface area (Å²) in [5.41, 5.74) is 2.47. The number of likely N-dealkylation sites (tertiary alicyclic amines) is 1. The minimum atomic E-state index is -0.948. The van der Waals surface area contributed by atoms with Gasteiger partial charge in [0, 0.05) is 13.1 Å². The maximum atomic E-state index is 10.7. The van der Waals surface area contributed by atoms with E-state index in [1.807, 2.05) is 36.4 Å². The number of hydrogen-bond acceptors (Lipinski definition) is 2. The van der Waals surface area contributed by atoms with E-state index in [1.165, 1.54) is 11.1 Å². The number of carbonyl (C=O) groups is 1. The Morgan fingerprint density at radius 1 is 1.00 bits per heavy atom. The van der Waals surface area contributed by atoms with E-state index < -0.39 is 6.09 Å². The van der Waals surface area contributed by atoms with Crippen LogP contribution in [-0.4, -0.2) is 35.2 Å². The molecule has 1 aliphatic rings. The smallest absolute Gasteiger partial charge is 0.404 e. The molecule has 4 heteroatoms. The van der Waals surface area contributed by atoms with Crippen molar-refractivity contribution in [3.05, 3.63) is 71.8 Å². The van der Waals surface area contributed by atoms with Crippen molar-refractivity contribution in [1.29, 1.82) is 0 Å². The first-order valence-electron chi connectivity index (χ1n) is 7.07. The Morgan fingerprint density at radius 2 is 1.48 bits per heavy atom. The lowest BCUT2D eigenvalue weighted by molar-refractivity contribution is 0.0900. The average Bonchev–Trinajstić information content (AvgIpc) is 2.47. The first kappa shape index (κ1) is 13.6. The lowest BCUT2D eigenvalue weighted by Gasteiger charge is -2.44. The van der Waals surface area contributed by atoms with Gasteiger partial charge in [-0.15, -0.1) is 0 Å². The maximum absolute atomic E-state index is 10.7. The van der Waals surface area contributed by atoms with Crippen molar-refractivity contribution >= 4 is 6.09 Å². The van der Waals surface area contributed by atoms with Crippen LogP contribution in [0.25, 0.3) is 0 Å². The fourth-order valence-corrected chi connectivity index (χ4v) is 2.87. The highest BCUT2D eigenvalue weighted by Crippen LogP contribution is 2.32. The Labute approximate surface area is 124 Å². The molecular formula is C17H18N2O2. The van der Waals surface area contributed by atoms with Gasteiger partial charge in [-0.3, -0.25) is 4.90 Å². The molecule has 2 aromatic rings. The topological polar surface area (TPSA) is 52.6 Å². The Morgan fingerprint density at radius 3 is 1.90 bits per heavy atom. The second-order valence-corrected chi connectivity index (χ2v) is 5.32. The van der Waals surface area contributed by atoms with Gasteiger partial charge in [-0.2, -0.15) is 0 Å². The van der Waals surface area contributed by atoms with Crippen molar-refractivity contribution in [1.82, 2.24) is 10.2 Å². The van der Waals surface area contributed by atoms with Crippen molar-refractivity contribution < 1.29 is 9.90 Å². The van der Waals surface area contributed by atoms with Crippen LogP contribution in [0.15, 0.2) is 60.7 Å². The second kappa shape index (κ2) is 5.97. The van der Waals surface area contributed by atoms with Gasteiger partial charge in [-0.05, 0) is 11.1 Å². The zero-order valence-corrected chi connectivity index (χ0v) is 11.6. The van der Waals surface area contributed by atoms with E-state index >= 15 is 0 Å². The van der Waals surface area contributed by atoms with Gasteiger partial charge in [0.05, 0.1) is 12.1 Å². The molecule has 2 aromatic carbocycles. The Bertz CT molecular complexity index is 555. The van der Waals surface area contributed by atoms with Gasteiger partial charge < -0.3 is 10.4 Å². The third kappa shape index (κ3) is 3.06. The lowest BCUT2D eigenvalue weighted by Crippen LogP contribution is -2.59. The van der Waals surface area contributed by atoms with Crippen molar-refractivity contribution in [3.8, 4) is 0 Å². The first-order chi connectivity index (χ1) is 10.2. The molecule has 0 atom stereocenters. The van der Waals surface area contributed by atoms with Gasteiger partial charge in [0.15, 0.2) is 0 Å². The minimum absolute atomic E-state index is 0.0254. The predicted octanol–water partition coefficient (Wildman–Crippen LogP) is 2.73. The van der Waals surface area contributed by atoms with E-state index in [1.54, 1.807) is 0 Å². The van der Waals surface area contributed by atoms with E-state index in [-0.39, 0.29) is 12.1 Å². The maximum Gasteiger partial charge on any atom is 0.404 e. The van der Waals surface area contributed by atoms with E-state index in [0.717, 1.165) is 13.1 Å². The first-order valence-corrected chi connectivity index (χ1v) is 7.07. The van der Waals surface area contributed by atoms with E-state index in [9.17, 15) is 4.79 Å².